The maximum Gasteiger partial charge on any atom is 0.184 e. The quantitative estimate of drug-likeness (QED) is 0.471. The Hall–Kier alpha value is 0.394. The Balaban J connectivity index is 4.52. The fourth-order valence-corrected chi connectivity index (χ4v) is 8.99. The molecule has 0 aliphatic heterocycles. The number of hydrogen-bond acceptors (Lipinski definition) is 1. The first-order valence-corrected chi connectivity index (χ1v) is 15.3. The van der Waals surface area contributed by atoms with Gasteiger partial charge in [-0.2, -0.15) is 0 Å². The standard InChI is InChI=1S/C17H40OSi2/c1-15(12-16(2,3)14-19(6,7)8)13-17(4,5)18-20(9,10)11/h15H,12-14H2,1-11H3. The van der Waals surface area contributed by atoms with Gasteiger partial charge in [-0.15, -0.1) is 0 Å². The lowest BCUT2D eigenvalue weighted by Crippen LogP contribution is -2.40. The highest BCUT2D eigenvalue weighted by molar-refractivity contribution is 6.76. The minimum Gasteiger partial charge on any atom is -0.413 e. The second kappa shape index (κ2) is 6.66. The van der Waals surface area contributed by atoms with Crippen molar-refractivity contribution in [3.63, 3.8) is 0 Å². The van der Waals surface area contributed by atoms with Gasteiger partial charge < -0.3 is 4.43 Å². The van der Waals surface area contributed by atoms with Crippen molar-refractivity contribution < 1.29 is 4.43 Å². The van der Waals surface area contributed by atoms with E-state index in [1.165, 1.54) is 18.9 Å². The Morgan fingerprint density at radius 3 is 1.65 bits per heavy atom. The molecule has 0 saturated heterocycles. The van der Waals surface area contributed by atoms with Crippen molar-refractivity contribution in [2.75, 3.05) is 0 Å². The zero-order valence-corrected chi connectivity index (χ0v) is 18.1. The highest BCUT2D eigenvalue weighted by Gasteiger charge is 2.32. The first kappa shape index (κ1) is 20.4. The average molecular weight is 317 g/mol. The van der Waals surface area contributed by atoms with Crippen LogP contribution in [0.1, 0.15) is 47.5 Å². The van der Waals surface area contributed by atoms with E-state index in [0.717, 1.165) is 5.92 Å². The molecule has 0 bridgehead atoms. The van der Waals surface area contributed by atoms with Crippen LogP contribution in [-0.2, 0) is 4.43 Å². The zero-order chi connectivity index (χ0) is 16.4. The third-order valence-corrected chi connectivity index (χ3v) is 6.52. The molecule has 0 rings (SSSR count). The topological polar surface area (TPSA) is 9.23 Å². The molecule has 0 aliphatic rings. The van der Waals surface area contributed by atoms with E-state index in [-0.39, 0.29) is 5.60 Å². The molecule has 0 fully saturated rings. The maximum atomic E-state index is 6.36. The summed E-state index contributed by atoms with van der Waals surface area (Å²) in [7, 11) is -2.43. The summed E-state index contributed by atoms with van der Waals surface area (Å²) in [5, 5.41) is 0. The lowest BCUT2D eigenvalue weighted by atomic mass is 9.81. The highest BCUT2D eigenvalue weighted by atomic mass is 28.4. The molecule has 1 nitrogen and oxygen atoms in total. The molecule has 0 heterocycles. The van der Waals surface area contributed by atoms with Crippen molar-refractivity contribution in [2.24, 2.45) is 11.3 Å². The Kier molecular flexibility index (Phi) is 6.79. The summed E-state index contributed by atoms with van der Waals surface area (Å²) < 4.78 is 6.36. The monoisotopic (exact) mass is 316 g/mol. The molecule has 0 aromatic heterocycles. The predicted octanol–water partition coefficient (Wildman–Crippen LogP) is 6.40. The lowest BCUT2D eigenvalue weighted by molar-refractivity contribution is 0.0667. The molecule has 0 N–H and O–H groups in total. The van der Waals surface area contributed by atoms with Gasteiger partial charge >= 0.3 is 0 Å². The van der Waals surface area contributed by atoms with E-state index in [1.807, 2.05) is 0 Å². The van der Waals surface area contributed by atoms with Crippen molar-refractivity contribution in [1.82, 2.24) is 0 Å². The van der Waals surface area contributed by atoms with Gasteiger partial charge in [0, 0.05) is 8.07 Å². The van der Waals surface area contributed by atoms with Crippen molar-refractivity contribution in [2.45, 2.75) is 98.4 Å². The van der Waals surface area contributed by atoms with Crippen LogP contribution in [0.25, 0.3) is 0 Å². The second-order valence-corrected chi connectivity index (χ2v) is 20.3. The summed E-state index contributed by atoms with van der Waals surface area (Å²) in [6.45, 7) is 26.2. The summed E-state index contributed by atoms with van der Waals surface area (Å²) in [6, 6.07) is 1.42. The summed E-state index contributed by atoms with van der Waals surface area (Å²) >= 11 is 0. The largest absolute Gasteiger partial charge is 0.413 e. The van der Waals surface area contributed by atoms with E-state index in [0.29, 0.717) is 5.41 Å². The van der Waals surface area contributed by atoms with Gasteiger partial charge in [0.15, 0.2) is 8.32 Å². The number of rotatable bonds is 8. The molecule has 0 saturated carbocycles. The average Bonchev–Trinajstić information content (AvgIpc) is 1.86. The van der Waals surface area contributed by atoms with Gasteiger partial charge in [0.2, 0.25) is 0 Å². The summed E-state index contributed by atoms with van der Waals surface area (Å²) in [4.78, 5) is 0. The van der Waals surface area contributed by atoms with E-state index in [1.54, 1.807) is 0 Å². The molecule has 0 aliphatic carbocycles. The van der Waals surface area contributed by atoms with Gasteiger partial charge in [0.05, 0.1) is 5.60 Å². The molecule has 0 aromatic rings. The normalized spacial score (nSPS) is 16.4. The number of hydrogen-bond donors (Lipinski definition) is 0. The Bertz CT molecular complexity index is 265. The molecule has 20 heavy (non-hydrogen) atoms. The van der Waals surface area contributed by atoms with Crippen LogP contribution in [-0.4, -0.2) is 22.0 Å². The Morgan fingerprint density at radius 2 is 1.30 bits per heavy atom. The third-order valence-electron chi connectivity index (χ3n) is 3.33. The fraction of sp³-hybridized carbons (Fsp3) is 1.00. The van der Waals surface area contributed by atoms with Gasteiger partial charge in [-0.3, -0.25) is 0 Å². The van der Waals surface area contributed by atoms with Gasteiger partial charge in [-0.25, -0.2) is 0 Å². The van der Waals surface area contributed by atoms with Crippen molar-refractivity contribution in [1.29, 1.82) is 0 Å². The minimum atomic E-state index is -1.45. The van der Waals surface area contributed by atoms with Gasteiger partial charge in [0.25, 0.3) is 0 Å². The first-order chi connectivity index (χ1) is 8.52. The maximum absolute atomic E-state index is 6.36. The van der Waals surface area contributed by atoms with E-state index in [9.17, 15) is 0 Å². The molecule has 1 unspecified atom stereocenters. The van der Waals surface area contributed by atoms with Crippen LogP contribution >= 0.6 is 0 Å². The van der Waals surface area contributed by atoms with Crippen LogP contribution in [0, 0.1) is 11.3 Å². The van der Waals surface area contributed by atoms with Gasteiger partial charge in [-0.05, 0) is 57.7 Å². The van der Waals surface area contributed by atoms with Crippen molar-refractivity contribution >= 4 is 16.4 Å². The van der Waals surface area contributed by atoms with Crippen LogP contribution in [0.4, 0.5) is 0 Å². The third kappa shape index (κ3) is 11.1. The van der Waals surface area contributed by atoms with Crippen LogP contribution in [0.2, 0.25) is 45.3 Å². The van der Waals surface area contributed by atoms with E-state index in [2.05, 4.69) is 73.9 Å². The molecular formula is C17H40OSi2. The highest BCUT2D eigenvalue weighted by Crippen LogP contribution is 2.37. The van der Waals surface area contributed by atoms with E-state index < -0.39 is 16.4 Å². The molecule has 0 aromatic carbocycles. The fourth-order valence-electron chi connectivity index (χ4n) is 4.23. The van der Waals surface area contributed by atoms with Crippen LogP contribution in [0.5, 0.6) is 0 Å². The Morgan fingerprint density at radius 1 is 0.850 bits per heavy atom. The molecule has 1 atom stereocenters. The van der Waals surface area contributed by atoms with E-state index >= 15 is 0 Å². The van der Waals surface area contributed by atoms with Crippen LogP contribution in [0.15, 0.2) is 0 Å². The molecule has 3 heteroatoms. The molecule has 122 valence electrons. The van der Waals surface area contributed by atoms with E-state index in [4.69, 9.17) is 4.43 Å². The minimum absolute atomic E-state index is 0.0269. The summed E-state index contributed by atoms with van der Waals surface area (Å²) in [5.41, 5.74) is 0.498. The lowest BCUT2D eigenvalue weighted by Gasteiger charge is -2.38. The smallest absolute Gasteiger partial charge is 0.184 e. The van der Waals surface area contributed by atoms with Gasteiger partial charge in [0.1, 0.15) is 0 Å². The molecule has 0 spiro atoms. The SMILES string of the molecule is CC(CC(C)(C)C[Si](C)(C)C)CC(C)(C)O[Si](C)(C)C. The molecular weight excluding hydrogens is 276 g/mol. The Labute approximate surface area is 131 Å². The first-order valence-electron chi connectivity index (χ1n) is 8.22. The summed E-state index contributed by atoms with van der Waals surface area (Å²) in [5.74, 6) is 0.729. The van der Waals surface area contributed by atoms with Gasteiger partial charge in [-0.1, -0.05) is 46.5 Å². The van der Waals surface area contributed by atoms with Crippen LogP contribution < -0.4 is 0 Å². The predicted molar refractivity (Wildman–Crippen MR) is 98.8 cm³/mol. The van der Waals surface area contributed by atoms with Crippen molar-refractivity contribution in [3.8, 4) is 0 Å². The second-order valence-electron chi connectivity index (χ2n) is 10.4. The van der Waals surface area contributed by atoms with Crippen molar-refractivity contribution in [3.05, 3.63) is 0 Å². The van der Waals surface area contributed by atoms with Crippen LogP contribution in [0.3, 0.4) is 0 Å². The summed E-state index contributed by atoms with van der Waals surface area (Å²) in [6.07, 6.45) is 2.49. The molecule has 0 radical (unpaired) electrons. The zero-order valence-electron chi connectivity index (χ0n) is 16.1. The molecule has 0 amide bonds.